The monoisotopic (exact) mass is 244 g/mol. The van der Waals surface area contributed by atoms with Gasteiger partial charge in [0.05, 0.1) is 0 Å². The van der Waals surface area contributed by atoms with E-state index < -0.39 is 12.4 Å². The fourth-order valence-electron chi connectivity index (χ4n) is 1.49. The molecule has 0 bridgehead atoms. The van der Waals surface area contributed by atoms with Gasteiger partial charge in [0.15, 0.2) is 0 Å². The van der Waals surface area contributed by atoms with Crippen molar-refractivity contribution < 1.29 is 14.7 Å². The number of carboxylic acids is 1. The minimum atomic E-state index is -1.07. The maximum atomic E-state index is 11.1. The fourth-order valence-corrected chi connectivity index (χ4v) is 1.49. The standard InChI is InChI=1S/C15H16O3/c16-14(12-15(17)18)11-7-2-1-4-8-13-9-5-3-6-10-13/h3,5-6,9-10H,4,7-8,11-12H2,(H,17,18). The number of Topliss-reactive ketones (excluding diaryl/α,β-unsaturated/α-hetero) is 1. The second kappa shape index (κ2) is 8.08. The molecule has 0 aliphatic carbocycles. The van der Waals surface area contributed by atoms with Gasteiger partial charge in [0.2, 0.25) is 0 Å². The molecule has 0 aromatic heterocycles. The third kappa shape index (κ3) is 6.49. The third-order valence-electron chi connectivity index (χ3n) is 2.38. The van der Waals surface area contributed by atoms with Gasteiger partial charge in [-0.2, -0.15) is 0 Å². The van der Waals surface area contributed by atoms with Crippen LogP contribution in [0.1, 0.15) is 31.2 Å². The lowest BCUT2D eigenvalue weighted by atomic mass is 10.1. The molecule has 0 spiro atoms. The molecule has 0 aliphatic rings. The number of carbonyl (C=O) groups is 2. The van der Waals surface area contributed by atoms with Gasteiger partial charge in [-0.05, 0) is 12.0 Å². The van der Waals surface area contributed by atoms with Gasteiger partial charge < -0.3 is 5.11 Å². The van der Waals surface area contributed by atoms with Crippen molar-refractivity contribution >= 4 is 11.8 Å². The zero-order valence-corrected chi connectivity index (χ0v) is 10.2. The van der Waals surface area contributed by atoms with Gasteiger partial charge in [-0.3, -0.25) is 9.59 Å². The number of benzene rings is 1. The Morgan fingerprint density at radius 3 is 2.39 bits per heavy atom. The van der Waals surface area contributed by atoms with Crippen LogP contribution in [0.5, 0.6) is 0 Å². The van der Waals surface area contributed by atoms with E-state index in [1.165, 1.54) is 5.56 Å². The van der Waals surface area contributed by atoms with Crippen molar-refractivity contribution in [3.8, 4) is 11.8 Å². The quantitative estimate of drug-likeness (QED) is 0.617. The molecular weight excluding hydrogens is 228 g/mol. The fraction of sp³-hybridized carbons (Fsp3) is 0.333. The topological polar surface area (TPSA) is 54.4 Å². The first-order valence-corrected chi connectivity index (χ1v) is 5.91. The molecular formula is C15H16O3. The van der Waals surface area contributed by atoms with Crippen molar-refractivity contribution in [2.24, 2.45) is 0 Å². The maximum absolute atomic E-state index is 11.1. The molecule has 0 fully saturated rings. The summed E-state index contributed by atoms with van der Waals surface area (Å²) in [6, 6.07) is 10.1. The van der Waals surface area contributed by atoms with Crippen molar-refractivity contribution in [1.82, 2.24) is 0 Å². The molecule has 18 heavy (non-hydrogen) atoms. The highest BCUT2D eigenvalue weighted by Crippen LogP contribution is 2.01. The summed E-state index contributed by atoms with van der Waals surface area (Å²) in [7, 11) is 0. The lowest BCUT2D eigenvalue weighted by molar-refractivity contribution is -0.140. The summed E-state index contributed by atoms with van der Waals surface area (Å²) in [4.78, 5) is 21.3. The predicted molar refractivity (Wildman–Crippen MR) is 69.0 cm³/mol. The summed E-state index contributed by atoms with van der Waals surface area (Å²) in [6.45, 7) is 0. The molecule has 0 amide bonds. The maximum Gasteiger partial charge on any atom is 0.310 e. The van der Waals surface area contributed by atoms with Crippen LogP contribution in [0.2, 0.25) is 0 Å². The molecule has 0 heterocycles. The zero-order chi connectivity index (χ0) is 13.2. The van der Waals surface area contributed by atoms with Crippen LogP contribution in [0.3, 0.4) is 0 Å². The SMILES string of the molecule is O=C(O)CC(=O)CCC#CCCc1ccccc1. The number of aryl methyl sites for hydroxylation is 1. The molecule has 0 unspecified atom stereocenters. The molecule has 1 rings (SSSR count). The molecule has 3 nitrogen and oxygen atoms in total. The molecule has 1 N–H and O–H groups in total. The minimum absolute atomic E-state index is 0.227. The van der Waals surface area contributed by atoms with Crippen molar-refractivity contribution in [1.29, 1.82) is 0 Å². The summed E-state index contributed by atoms with van der Waals surface area (Å²) in [5, 5.41) is 8.39. The van der Waals surface area contributed by atoms with E-state index in [0.717, 1.165) is 12.8 Å². The van der Waals surface area contributed by atoms with Crippen LogP contribution in [-0.2, 0) is 16.0 Å². The Morgan fingerprint density at radius 1 is 1.06 bits per heavy atom. The number of carboxylic acid groups (broad SMARTS) is 1. The highest BCUT2D eigenvalue weighted by molar-refractivity contribution is 5.94. The molecule has 1 aromatic rings. The van der Waals surface area contributed by atoms with Crippen LogP contribution in [0.25, 0.3) is 0 Å². The average molecular weight is 244 g/mol. The van der Waals surface area contributed by atoms with E-state index in [1.807, 2.05) is 18.2 Å². The number of rotatable bonds is 6. The molecule has 3 heteroatoms. The van der Waals surface area contributed by atoms with Crippen molar-refractivity contribution in [3.05, 3.63) is 35.9 Å². The molecule has 0 atom stereocenters. The van der Waals surface area contributed by atoms with Gasteiger partial charge in [-0.25, -0.2) is 0 Å². The molecule has 1 aromatic carbocycles. The normalized spacial score (nSPS) is 9.33. The zero-order valence-electron chi connectivity index (χ0n) is 10.2. The Balaban J connectivity index is 2.15. The van der Waals surface area contributed by atoms with Crippen LogP contribution < -0.4 is 0 Å². The summed E-state index contributed by atoms with van der Waals surface area (Å²) in [5.74, 6) is 4.55. The van der Waals surface area contributed by atoms with Crippen molar-refractivity contribution in [2.75, 3.05) is 0 Å². The van der Waals surface area contributed by atoms with Gasteiger partial charge in [-0.15, -0.1) is 11.8 Å². The largest absolute Gasteiger partial charge is 0.481 e. The number of hydrogen-bond donors (Lipinski definition) is 1. The summed E-state index contributed by atoms with van der Waals surface area (Å²) in [5.41, 5.74) is 1.24. The van der Waals surface area contributed by atoms with Crippen molar-refractivity contribution in [3.63, 3.8) is 0 Å². The van der Waals surface area contributed by atoms with Crippen LogP contribution in [0.15, 0.2) is 30.3 Å². The second-order valence-corrected chi connectivity index (χ2v) is 3.95. The third-order valence-corrected chi connectivity index (χ3v) is 2.38. The molecule has 0 saturated carbocycles. The first kappa shape index (κ1) is 14.0. The Bertz CT molecular complexity index is 452. The van der Waals surface area contributed by atoms with Gasteiger partial charge in [0, 0.05) is 19.3 Å². The average Bonchev–Trinajstić information content (AvgIpc) is 2.34. The van der Waals surface area contributed by atoms with Gasteiger partial charge >= 0.3 is 5.97 Å². The van der Waals surface area contributed by atoms with E-state index in [9.17, 15) is 9.59 Å². The van der Waals surface area contributed by atoms with Crippen LogP contribution >= 0.6 is 0 Å². The second-order valence-electron chi connectivity index (χ2n) is 3.95. The van der Waals surface area contributed by atoms with E-state index in [-0.39, 0.29) is 12.2 Å². The Hall–Kier alpha value is -2.08. The van der Waals surface area contributed by atoms with Gasteiger partial charge in [0.1, 0.15) is 12.2 Å². The van der Waals surface area contributed by atoms with E-state index in [2.05, 4.69) is 24.0 Å². The molecule has 0 aliphatic heterocycles. The molecule has 0 radical (unpaired) electrons. The summed E-state index contributed by atoms with van der Waals surface area (Å²) >= 11 is 0. The first-order chi connectivity index (χ1) is 8.68. The number of ketones is 1. The van der Waals surface area contributed by atoms with E-state index in [4.69, 9.17) is 5.11 Å². The van der Waals surface area contributed by atoms with E-state index in [0.29, 0.717) is 6.42 Å². The number of hydrogen-bond acceptors (Lipinski definition) is 2. The van der Waals surface area contributed by atoms with Gasteiger partial charge in [0.25, 0.3) is 0 Å². The minimum Gasteiger partial charge on any atom is -0.481 e. The Morgan fingerprint density at radius 2 is 1.72 bits per heavy atom. The van der Waals surface area contributed by atoms with E-state index in [1.54, 1.807) is 0 Å². The highest BCUT2D eigenvalue weighted by atomic mass is 16.4. The highest BCUT2D eigenvalue weighted by Gasteiger charge is 2.05. The number of aliphatic carboxylic acids is 1. The number of carbonyl (C=O) groups excluding carboxylic acids is 1. The van der Waals surface area contributed by atoms with Crippen LogP contribution in [0, 0.1) is 11.8 Å². The Labute approximate surface area is 107 Å². The first-order valence-electron chi connectivity index (χ1n) is 5.91. The van der Waals surface area contributed by atoms with Gasteiger partial charge in [-0.1, -0.05) is 30.3 Å². The predicted octanol–water partition coefficient (Wildman–Crippen LogP) is 2.45. The Kier molecular flexibility index (Phi) is 6.27. The van der Waals surface area contributed by atoms with Crippen LogP contribution in [-0.4, -0.2) is 16.9 Å². The summed E-state index contributed by atoms with van der Waals surface area (Å²) in [6.07, 6.45) is 1.94. The lowest BCUT2D eigenvalue weighted by Gasteiger charge is -1.94. The molecule has 94 valence electrons. The smallest absolute Gasteiger partial charge is 0.310 e. The summed E-state index contributed by atoms with van der Waals surface area (Å²) < 4.78 is 0. The lowest BCUT2D eigenvalue weighted by Crippen LogP contribution is -2.05. The van der Waals surface area contributed by atoms with Crippen LogP contribution in [0.4, 0.5) is 0 Å². The molecule has 0 saturated heterocycles. The van der Waals surface area contributed by atoms with E-state index >= 15 is 0 Å². The van der Waals surface area contributed by atoms with Crippen molar-refractivity contribution in [2.45, 2.75) is 32.1 Å².